The van der Waals surface area contributed by atoms with E-state index in [1.165, 1.54) is 16.7 Å². The molecule has 1 aliphatic rings. The maximum Gasteiger partial charge on any atom is 0.0255 e. The molecule has 0 spiro atoms. The minimum atomic E-state index is 0.507. The van der Waals surface area contributed by atoms with Gasteiger partial charge in [-0.25, -0.2) is 0 Å². The number of likely N-dealkylation sites (N-methyl/N-ethyl adjacent to an activating group) is 1. The van der Waals surface area contributed by atoms with Crippen LogP contribution in [-0.2, 0) is 12.8 Å². The van der Waals surface area contributed by atoms with Crippen LogP contribution in [0.15, 0.2) is 18.2 Å². The highest BCUT2D eigenvalue weighted by Crippen LogP contribution is 2.19. The van der Waals surface area contributed by atoms with Crippen LogP contribution in [-0.4, -0.2) is 31.1 Å². The van der Waals surface area contributed by atoms with Crippen LogP contribution in [0.5, 0.6) is 0 Å². The van der Waals surface area contributed by atoms with Gasteiger partial charge in [0.25, 0.3) is 0 Å². The van der Waals surface area contributed by atoms with Crippen LogP contribution in [0.3, 0.4) is 0 Å². The molecule has 0 saturated carbocycles. The lowest BCUT2D eigenvalue weighted by atomic mass is 9.98. The van der Waals surface area contributed by atoms with E-state index in [1.807, 2.05) is 0 Å². The number of hydrogen-bond donors (Lipinski definition) is 1. The summed E-state index contributed by atoms with van der Waals surface area (Å²) in [7, 11) is 2.18. The Hall–Kier alpha value is -0.860. The van der Waals surface area contributed by atoms with Crippen LogP contribution < -0.4 is 5.73 Å². The molecule has 1 aromatic rings. The molecule has 0 fully saturated rings. The topological polar surface area (TPSA) is 29.3 Å². The molecule has 2 heteroatoms. The minimum absolute atomic E-state index is 0.507. The van der Waals surface area contributed by atoms with Gasteiger partial charge < -0.3 is 10.6 Å². The smallest absolute Gasteiger partial charge is 0.0255 e. The summed E-state index contributed by atoms with van der Waals surface area (Å²) in [5.41, 5.74) is 10.2. The van der Waals surface area contributed by atoms with Crippen molar-refractivity contribution in [3.63, 3.8) is 0 Å². The second kappa shape index (κ2) is 4.33. The van der Waals surface area contributed by atoms with Crippen LogP contribution in [0, 0.1) is 6.92 Å². The molecule has 82 valence electrons. The average molecular weight is 204 g/mol. The molecule has 0 radical (unpaired) electrons. The van der Waals surface area contributed by atoms with Crippen molar-refractivity contribution in [3.8, 4) is 0 Å². The molecular weight excluding hydrogens is 184 g/mol. The highest BCUT2D eigenvalue weighted by Gasteiger charge is 2.19. The van der Waals surface area contributed by atoms with Crippen molar-refractivity contribution in [2.24, 2.45) is 5.73 Å². The molecule has 2 N–H and O–H groups in total. The van der Waals surface area contributed by atoms with Gasteiger partial charge in [-0.1, -0.05) is 23.8 Å². The van der Waals surface area contributed by atoms with E-state index in [-0.39, 0.29) is 0 Å². The van der Waals surface area contributed by atoms with Crippen molar-refractivity contribution < 1.29 is 0 Å². The lowest BCUT2D eigenvalue weighted by Crippen LogP contribution is -2.39. The zero-order valence-electron chi connectivity index (χ0n) is 9.66. The molecule has 0 aliphatic carbocycles. The predicted molar refractivity (Wildman–Crippen MR) is 64.1 cm³/mol. The Balaban J connectivity index is 2.30. The first-order chi connectivity index (χ1) is 7.20. The van der Waals surface area contributed by atoms with Gasteiger partial charge in [0.1, 0.15) is 0 Å². The fourth-order valence-electron chi connectivity index (χ4n) is 2.34. The van der Waals surface area contributed by atoms with Crippen molar-refractivity contribution >= 4 is 0 Å². The van der Waals surface area contributed by atoms with Gasteiger partial charge in [-0.05, 0) is 37.9 Å². The van der Waals surface area contributed by atoms with Gasteiger partial charge in [-0.2, -0.15) is 0 Å². The molecule has 1 aromatic carbocycles. The van der Waals surface area contributed by atoms with Gasteiger partial charge in [0, 0.05) is 19.1 Å². The number of hydrogen-bond acceptors (Lipinski definition) is 2. The first-order valence-electron chi connectivity index (χ1n) is 5.69. The number of fused-ring (bicyclic) bond motifs is 1. The van der Waals surface area contributed by atoms with E-state index >= 15 is 0 Å². The lowest BCUT2D eigenvalue weighted by molar-refractivity contribution is 0.256. The molecule has 0 saturated heterocycles. The molecule has 0 bridgehead atoms. The van der Waals surface area contributed by atoms with E-state index in [4.69, 9.17) is 5.73 Å². The monoisotopic (exact) mass is 204 g/mol. The summed E-state index contributed by atoms with van der Waals surface area (Å²) in [6.07, 6.45) is 2.26. The molecular formula is C13H20N2. The average Bonchev–Trinajstić information content (AvgIpc) is 2.38. The maximum atomic E-state index is 5.82. The van der Waals surface area contributed by atoms with E-state index < -0.39 is 0 Å². The van der Waals surface area contributed by atoms with Crippen LogP contribution in [0.1, 0.15) is 16.7 Å². The summed E-state index contributed by atoms with van der Waals surface area (Å²) in [6, 6.07) is 7.31. The summed E-state index contributed by atoms with van der Waals surface area (Å²) in [4.78, 5) is 2.38. The number of benzene rings is 1. The van der Waals surface area contributed by atoms with Crippen molar-refractivity contribution in [2.75, 3.05) is 20.1 Å². The van der Waals surface area contributed by atoms with E-state index in [2.05, 4.69) is 37.1 Å². The molecule has 1 aliphatic heterocycles. The number of nitrogens with zero attached hydrogens (tertiary/aromatic N) is 1. The number of nitrogens with two attached hydrogens (primary N) is 1. The Bertz CT molecular complexity index is 346. The van der Waals surface area contributed by atoms with E-state index in [1.54, 1.807) is 0 Å². The second-order valence-electron chi connectivity index (χ2n) is 4.60. The van der Waals surface area contributed by atoms with Gasteiger partial charge in [-0.3, -0.25) is 0 Å². The first-order valence-corrected chi connectivity index (χ1v) is 5.69. The Labute approximate surface area is 92.1 Å². The highest BCUT2D eigenvalue weighted by atomic mass is 15.1. The molecule has 2 rings (SSSR count). The van der Waals surface area contributed by atoms with E-state index in [0.717, 1.165) is 25.9 Å². The van der Waals surface area contributed by atoms with Crippen LogP contribution in [0.2, 0.25) is 0 Å². The normalized spacial score (nSPS) is 22.2. The third kappa shape index (κ3) is 2.21. The van der Waals surface area contributed by atoms with Crippen molar-refractivity contribution in [1.82, 2.24) is 4.90 Å². The molecule has 0 aromatic heterocycles. The molecule has 2 nitrogen and oxygen atoms in total. The third-order valence-electron chi connectivity index (χ3n) is 3.45. The fraction of sp³-hybridized carbons (Fsp3) is 0.538. The SMILES string of the molecule is Cc1ccc2c(c1)CC(CN)N(C)CC2. The van der Waals surface area contributed by atoms with Crippen molar-refractivity contribution in [3.05, 3.63) is 34.9 Å². The third-order valence-corrected chi connectivity index (χ3v) is 3.45. The Morgan fingerprint density at radius 3 is 2.93 bits per heavy atom. The maximum absolute atomic E-state index is 5.82. The van der Waals surface area contributed by atoms with Gasteiger partial charge in [0.05, 0.1) is 0 Å². The quantitative estimate of drug-likeness (QED) is 0.748. The Morgan fingerprint density at radius 2 is 2.20 bits per heavy atom. The number of aryl methyl sites for hydroxylation is 1. The Morgan fingerprint density at radius 1 is 1.40 bits per heavy atom. The van der Waals surface area contributed by atoms with Crippen LogP contribution in [0.4, 0.5) is 0 Å². The second-order valence-corrected chi connectivity index (χ2v) is 4.60. The van der Waals surface area contributed by atoms with Crippen molar-refractivity contribution in [2.45, 2.75) is 25.8 Å². The van der Waals surface area contributed by atoms with Crippen LogP contribution in [0.25, 0.3) is 0 Å². The molecule has 1 unspecified atom stereocenters. The summed E-state index contributed by atoms with van der Waals surface area (Å²) in [6.45, 7) is 4.04. The Kier molecular flexibility index (Phi) is 3.08. The minimum Gasteiger partial charge on any atom is -0.329 e. The standard InChI is InChI=1S/C13H20N2/c1-10-3-4-11-5-6-15(2)13(9-14)8-12(11)7-10/h3-4,7,13H,5-6,8-9,14H2,1-2H3. The molecule has 15 heavy (non-hydrogen) atoms. The molecule has 0 amide bonds. The van der Waals surface area contributed by atoms with Gasteiger partial charge in [0.2, 0.25) is 0 Å². The summed E-state index contributed by atoms with van der Waals surface area (Å²) in [5, 5.41) is 0. The lowest BCUT2D eigenvalue weighted by Gasteiger charge is -2.23. The highest BCUT2D eigenvalue weighted by molar-refractivity contribution is 5.33. The predicted octanol–water partition coefficient (Wildman–Crippen LogP) is 1.35. The largest absolute Gasteiger partial charge is 0.329 e. The van der Waals surface area contributed by atoms with Gasteiger partial charge >= 0.3 is 0 Å². The summed E-state index contributed by atoms with van der Waals surface area (Å²) >= 11 is 0. The van der Waals surface area contributed by atoms with Crippen molar-refractivity contribution in [1.29, 1.82) is 0 Å². The van der Waals surface area contributed by atoms with Crippen LogP contribution >= 0.6 is 0 Å². The fourth-order valence-corrected chi connectivity index (χ4v) is 2.34. The molecule has 1 heterocycles. The van der Waals surface area contributed by atoms with Gasteiger partial charge in [0.15, 0.2) is 0 Å². The molecule has 1 atom stereocenters. The van der Waals surface area contributed by atoms with E-state index in [0.29, 0.717) is 6.04 Å². The first kappa shape index (κ1) is 10.7. The zero-order valence-corrected chi connectivity index (χ0v) is 9.66. The summed E-state index contributed by atoms with van der Waals surface area (Å²) in [5.74, 6) is 0. The number of rotatable bonds is 1. The van der Waals surface area contributed by atoms with E-state index in [9.17, 15) is 0 Å². The zero-order chi connectivity index (χ0) is 10.8. The summed E-state index contributed by atoms with van der Waals surface area (Å²) < 4.78 is 0. The van der Waals surface area contributed by atoms with Gasteiger partial charge in [-0.15, -0.1) is 0 Å².